The predicted octanol–water partition coefficient (Wildman–Crippen LogP) is 1.81. The highest BCUT2D eigenvalue weighted by atomic mass is 16.5. The molecule has 1 aliphatic rings. The van der Waals surface area contributed by atoms with Crippen LogP contribution >= 0.6 is 0 Å². The van der Waals surface area contributed by atoms with Crippen LogP contribution in [0.2, 0.25) is 0 Å². The molecule has 0 N–H and O–H groups in total. The first-order valence-corrected chi connectivity index (χ1v) is 6.40. The van der Waals surface area contributed by atoms with Crippen LogP contribution in [-0.4, -0.2) is 37.6 Å². The number of carbonyl (C=O) groups is 1. The molecule has 1 fully saturated rings. The average molecular weight is 238 g/mol. The van der Waals surface area contributed by atoms with E-state index < -0.39 is 5.92 Å². The second kappa shape index (κ2) is 7.29. The Kier molecular flexibility index (Phi) is 5.99. The fourth-order valence-electron chi connectivity index (χ4n) is 2.31. The Bertz CT molecular complexity index is 278. The van der Waals surface area contributed by atoms with Gasteiger partial charge in [0.25, 0.3) is 0 Å². The van der Waals surface area contributed by atoms with Gasteiger partial charge in [0.05, 0.1) is 6.07 Å². The normalized spacial score (nSPS) is 18.8. The third-order valence-electron chi connectivity index (χ3n) is 3.36. The molecule has 1 atom stereocenters. The second-order valence-electron chi connectivity index (χ2n) is 4.69. The van der Waals surface area contributed by atoms with Gasteiger partial charge < -0.3 is 9.64 Å². The van der Waals surface area contributed by atoms with Crippen molar-refractivity contribution in [3.8, 4) is 6.07 Å². The minimum atomic E-state index is -0.445. The van der Waals surface area contributed by atoms with Crippen molar-refractivity contribution < 1.29 is 9.53 Å². The molecule has 1 amide bonds. The van der Waals surface area contributed by atoms with E-state index in [4.69, 9.17) is 10.00 Å². The van der Waals surface area contributed by atoms with Gasteiger partial charge in [-0.25, -0.2) is 0 Å². The second-order valence-corrected chi connectivity index (χ2v) is 4.69. The molecule has 0 bridgehead atoms. The number of amides is 1. The van der Waals surface area contributed by atoms with Crippen LogP contribution in [0.25, 0.3) is 0 Å². The van der Waals surface area contributed by atoms with E-state index in [1.165, 1.54) is 0 Å². The van der Waals surface area contributed by atoms with E-state index in [1.54, 1.807) is 7.11 Å². The quantitative estimate of drug-likeness (QED) is 0.734. The van der Waals surface area contributed by atoms with Gasteiger partial charge in [-0.1, -0.05) is 13.3 Å². The Morgan fingerprint density at radius 3 is 2.65 bits per heavy atom. The number of hydrogen-bond acceptors (Lipinski definition) is 3. The van der Waals surface area contributed by atoms with E-state index in [1.807, 2.05) is 11.8 Å². The van der Waals surface area contributed by atoms with Crippen LogP contribution in [0.3, 0.4) is 0 Å². The van der Waals surface area contributed by atoms with Gasteiger partial charge in [0.15, 0.2) is 0 Å². The highest BCUT2D eigenvalue weighted by molar-refractivity contribution is 5.81. The zero-order valence-corrected chi connectivity index (χ0v) is 10.8. The molecule has 0 aromatic heterocycles. The first-order chi connectivity index (χ1) is 8.22. The van der Waals surface area contributed by atoms with Crippen LogP contribution in [0.5, 0.6) is 0 Å². The molecule has 0 spiro atoms. The Labute approximate surface area is 104 Å². The molecule has 1 rings (SSSR count). The highest BCUT2D eigenvalue weighted by Crippen LogP contribution is 2.20. The lowest BCUT2D eigenvalue weighted by atomic mass is 9.95. The van der Waals surface area contributed by atoms with Crippen molar-refractivity contribution in [2.24, 2.45) is 11.8 Å². The van der Waals surface area contributed by atoms with Gasteiger partial charge in [0, 0.05) is 26.8 Å². The summed E-state index contributed by atoms with van der Waals surface area (Å²) in [7, 11) is 1.71. The molecule has 4 nitrogen and oxygen atoms in total. The minimum absolute atomic E-state index is 0.0187. The molecular weight excluding hydrogens is 216 g/mol. The smallest absolute Gasteiger partial charge is 0.239 e. The van der Waals surface area contributed by atoms with Gasteiger partial charge in [-0.15, -0.1) is 0 Å². The van der Waals surface area contributed by atoms with Crippen LogP contribution in [-0.2, 0) is 9.53 Å². The molecule has 17 heavy (non-hydrogen) atoms. The van der Waals surface area contributed by atoms with Crippen molar-refractivity contribution >= 4 is 5.91 Å². The molecule has 4 heteroatoms. The molecule has 96 valence electrons. The summed E-state index contributed by atoms with van der Waals surface area (Å²) in [6, 6.07) is 2.12. The number of rotatable bonds is 5. The minimum Gasteiger partial charge on any atom is -0.384 e. The molecule has 1 heterocycles. The summed E-state index contributed by atoms with van der Waals surface area (Å²) in [5.41, 5.74) is 0. The standard InChI is InChI=1S/C13H22N2O2/c1-3-4-12(9-14)13(16)15-7-5-11(6-8-15)10-17-2/h11-12H,3-8,10H2,1-2H3. The number of hydrogen-bond donors (Lipinski definition) is 0. The van der Waals surface area contributed by atoms with Gasteiger partial charge in [0.2, 0.25) is 5.91 Å². The van der Waals surface area contributed by atoms with Crippen LogP contribution in [0.15, 0.2) is 0 Å². The average Bonchev–Trinajstić information content (AvgIpc) is 2.36. The highest BCUT2D eigenvalue weighted by Gasteiger charge is 2.27. The summed E-state index contributed by atoms with van der Waals surface area (Å²) in [5.74, 6) is 0.139. The first-order valence-electron chi connectivity index (χ1n) is 6.40. The van der Waals surface area contributed by atoms with Gasteiger partial charge in [-0.2, -0.15) is 5.26 Å². The first kappa shape index (κ1) is 14.0. The number of carbonyl (C=O) groups excluding carboxylic acids is 1. The van der Waals surface area contributed by atoms with Crippen molar-refractivity contribution in [2.45, 2.75) is 32.6 Å². The summed E-state index contributed by atoms with van der Waals surface area (Å²) < 4.78 is 5.13. The SMILES string of the molecule is CCCC(C#N)C(=O)N1CCC(COC)CC1. The Morgan fingerprint density at radius 1 is 1.53 bits per heavy atom. The lowest BCUT2D eigenvalue weighted by Crippen LogP contribution is -2.42. The number of piperidine rings is 1. The Morgan fingerprint density at radius 2 is 2.18 bits per heavy atom. The monoisotopic (exact) mass is 238 g/mol. The summed E-state index contributed by atoms with van der Waals surface area (Å²) in [5, 5.41) is 8.98. The maximum atomic E-state index is 12.1. The number of methoxy groups -OCH3 is 1. The van der Waals surface area contributed by atoms with Gasteiger partial charge in [-0.05, 0) is 25.2 Å². The molecule has 1 saturated heterocycles. The van der Waals surface area contributed by atoms with Gasteiger partial charge in [0.1, 0.15) is 5.92 Å². The number of nitriles is 1. The zero-order valence-electron chi connectivity index (χ0n) is 10.8. The number of nitrogens with zero attached hydrogens (tertiary/aromatic N) is 2. The molecule has 1 unspecified atom stereocenters. The maximum Gasteiger partial charge on any atom is 0.239 e. The maximum absolute atomic E-state index is 12.1. The van der Waals surface area contributed by atoms with Crippen LogP contribution in [0.4, 0.5) is 0 Å². The Balaban J connectivity index is 2.42. The fraction of sp³-hybridized carbons (Fsp3) is 0.846. The van der Waals surface area contributed by atoms with Crippen molar-refractivity contribution in [3.05, 3.63) is 0 Å². The summed E-state index contributed by atoms with van der Waals surface area (Å²) in [4.78, 5) is 13.9. The van der Waals surface area contributed by atoms with E-state index in [9.17, 15) is 4.79 Å². The van der Waals surface area contributed by atoms with Gasteiger partial charge in [-0.3, -0.25) is 4.79 Å². The van der Waals surface area contributed by atoms with E-state index in [0.717, 1.165) is 39.0 Å². The third-order valence-corrected chi connectivity index (χ3v) is 3.36. The summed E-state index contributed by atoms with van der Waals surface area (Å²) in [6.07, 6.45) is 3.53. The van der Waals surface area contributed by atoms with Crippen LogP contribution < -0.4 is 0 Å². The van der Waals surface area contributed by atoms with Crippen molar-refractivity contribution in [3.63, 3.8) is 0 Å². The number of likely N-dealkylation sites (tertiary alicyclic amines) is 1. The lowest BCUT2D eigenvalue weighted by Gasteiger charge is -2.32. The van der Waals surface area contributed by atoms with E-state index in [0.29, 0.717) is 12.3 Å². The summed E-state index contributed by atoms with van der Waals surface area (Å²) in [6.45, 7) is 4.32. The van der Waals surface area contributed by atoms with Crippen LogP contribution in [0, 0.1) is 23.2 Å². The molecule has 1 aliphatic heterocycles. The van der Waals surface area contributed by atoms with Crippen molar-refractivity contribution in [1.29, 1.82) is 5.26 Å². The molecule has 0 aromatic carbocycles. The zero-order chi connectivity index (χ0) is 12.7. The molecule has 0 saturated carbocycles. The largest absolute Gasteiger partial charge is 0.384 e. The lowest BCUT2D eigenvalue weighted by molar-refractivity contribution is -0.135. The van der Waals surface area contributed by atoms with E-state index in [2.05, 4.69) is 6.07 Å². The van der Waals surface area contributed by atoms with Crippen molar-refractivity contribution in [2.75, 3.05) is 26.8 Å². The topological polar surface area (TPSA) is 53.3 Å². The molecule has 0 aliphatic carbocycles. The van der Waals surface area contributed by atoms with Crippen LogP contribution in [0.1, 0.15) is 32.6 Å². The van der Waals surface area contributed by atoms with Gasteiger partial charge >= 0.3 is 0 Å². The summed E-state index contributed by atoms with van der Waals surface area (Å²) >= 11 is 0. The van der Waals surface area contributed by atoms with Crippen molar-refractivity contribution in [1.82, 2.24) is 4.90 Å². The number of ether oxygens (including phenoxy) is 1. The van der Waals surface area contributed by atoms with E-state index >= 15 is 0 Å². The fourth-order valence-corrected chi connectivity index (χ4v) is 2.31. The molecule has 0 aromatic rings. The Hall–Kier alpha value is -1.08. The van der Waals surface area contributed by atoms with E-state index in [-0.39, 0.29) is 5.91 Å². The molecular formula is C13H22N2O2. The predicted molar refractivity (Wildman–Crippen MR) is 65.2 cm³/mol. The molecule has 0 radical (unpaired) electrons. The third kappa shape index (κ3) is 4.01.